The Morgan fingerprint density at radius 2 is 1.76 bits per heavy atom. The summed E-state index contributed by atoms with van der Waals surface area (Å²) in [4.78, 5) is 18.1. The van der Waals surface area contributed by atoms with E-state index in [4.69, 9.17) is 4.84 Å². The topological polar surface area (TPSA) is 68.5 Å². The molecule has 33 heavy (non-hydrogen) atoms. The van der Waals surface area contributed by atoms with Gasteiger partial charge in [-0.1, -0.05) is 78.0 Å². The van der Waals surface area contributed by atoms with Gasteiger partial charge in [-0.15, -0.1) is 0 Å². The van der Waals surface area contributed by atoms with Gasteiger partial charge in [-0.05, 0) is 29.7 Å². The van der Waals surface area contributed by atoms with E-state index in [9.17, 15) is 9.18 Å². The number of para-hydroxylation sites is 1. The van der Waals surface area contributed by atoms with Crippen LogP contribution in [0, 0.1) is 12.9 Å². The molecule has 3 aromatic carbocycles. The number of aromatic nitrogens is 2. The van der Waals surface area contributed by atoms with E-state index >= 15 is 0 Å². The summed E-state index contributed by atoms with van der Waals surface area (Å²) in [5, 5.41) is 10.8. The molecule has 0 aliphatic rings. The summed E-state index contributed by atoms with van der Waals surface area (Å²) in [7, 11) is 1.46. The molecular weight excluding hydrogens is 419 g/mol. The Balaban J connectivity index is 1.46. The van der Waals surface area contributed by atoms with Gasteiger partial charge in [0.2, 0.25) is 5.95 Å². The predicted molar refractivity (Wildman–Crippen MR) is 127 cm³/mol. The quantitative estimate of drug-likeness (QED) is 0.310. The van der Waals surface area contributed by atoms with Crippen LogP contribution in [-0.4, -0.2) is 21.9 Å². The minimum atomic E-state index is -0.666. The number of hydrogen-bond acceptors (Lipinski definition) is 4. The number of rotatable bonds is 7. The highest BCUT2D eigenvalue weighted by atomic mass is 19.1. The van der Waals surface area contributed by atoms with Crippen molar-refractivity contribution in [1.29, 1.82) is 0 Å². The first-order valence-corrected chi connectivity index (χ1v) is 10.4. The maximum absolute atomic E-state index is 14.3. The Kier molecular flexibility index (Phi) is 6.59. The van der Waals surface area contributed by atoms with Crippen LogP contribution in [0.15, 0.2) is 84.0 Å². The van der Waals surface area contributed by atoms with E-state index in [1.165, 1.54) is 7.05 Å². The van der Waals surface area contributed by atoms with Crippen molar-refractivity contribution in [2.24, 2.45) is 12.2 Å². The summed E-state index contributed by atoms with van der Waals surface area (Å²) in [6.45, 7) is 2.01. The first-order chi connectivity index (χ1) is 16.0. The summed E-state index contributed by atoms with van der Waals surface area (Å²) in [5.74, 6) is -1.20. The highest BCUT2D eigenvalue weighted by Crippen LogP contribution is 2.28. The van der Waals surface area contributed by atoms with Crippen molar-refractivity contribution < 1.29 is 14.0 Å². The maximum Gasteiger partial charge on any atom is 0.262 e. The van der Waals surface area contributed by atoms with Gasteiger partial charge < -0.3 is 10.2 Å². The number of carbonyl (C=O) groups excluding carboxylic acids is 1. The predicted octanol–water partition coefficient (Wildman–Crippen LogP) is 5.34. The Morgan fingerprint density at radius 1 is 1.06 bits per heavy atom. The normalized spacial score (nSPS) is 11.0. The highest BCUT2D eigenvalue weighted by molar-refractivity contribution is 6.07. The molecule has 0 aliphatic carbocycles. The molecule has 0 spiro atoms. The lowest BCUT2D eigenvalue weighted by Gasteiger charge is -2.11. The van der Waals surface area contributed by atoms with Crippen molar-refractivity contribution in [2.75, 3.05) is 5.32 Å². The Hall–Kier alpha value is -4.26. The standard InChI is InChI=1S/C26H23FN4O2/c1-18-24(25(27)31(2)30-18)26(32)29-23-11-7-6-10-22(23)21-14-12-19(13-15-21)16-28-33-17-20-8-4-3-5-9-20/h3-16H,17H2,1-2H3,(H,29,32)/b28-16+. The Bertz CT molecular complexity index is 1280. The van der Waals surface area contributed by atoms with Gasteiger partial charge in [0, 0.05) is 18.3 Å². The van der Waals surface area contributed by atoms with Crippen LogP contribution >= 0.6 is 0 Å². The van der Waals surface area contributed by atoms with E-state index in [-0.39, 0.29) is 5.56 Å². The van der Waals surface area contributed by atoms with Crippen molar-refractivity contribution in [2.45, 2.75) is 13.5 Å². The van der Waals surface area contributed by atoms with Crippen LogP contribution in [0.4, 0.5) is 10.1 Å². The van der Waals surface area contributed by atoms with Crippen LogP contribution < -0.4 is 5.32 Å². The minimum absolute atomic E-state index is 0.0608. The summed E-state index contributed by atoms with van der Waals surface area (Å²) in [6.07, 6.45) is 1.65. The number of carbonyl (C=O) groups is 1. The van der Waals surface area contributed by atoms with Crippen LogP contribution in [0.5, 0.6) is 0 Å². The van der Waals surface area contributed by atoms with Crippen LogP contribution in [0.1, 0.15) is 27.2 Å². The van der Waals surface area contributed by atoms with E-state index in [0.29, 0.717) is 18.0 Å². The van der Waals surface area contributed by atoms with Crippen molar-refractivity contribution >= 4 is 17.8 Å². The molecule has 1 N–H and O–H groups in total. The Morgan fingerprint density at radius 3 is 2.45 bits per heavy atom. The molecular formula is C26H23FN4O2. The second-order valence-corrected chi connectivity index (χ2v) is 7.49. The number of benzene rings is 3. The van der Waals surface area contributed by atoms with Crippen LogP contribution in [0.2, 0.25) is 0 Å². The molecule has 1 amide bonds. The monoisotopic (exact) mass is 442 g/mol. The number of halogens is 1. The van der Waals surface area contributed by atoms with Crippen molar-refractivity contribution in [3.8, 4) is 11.1 Å². The SMILES string of the molecule is Cc1nn(C)c(F)c1C(=O)Nc1ccccc1-c1ccc(/C=N/OCc2ccccc2)cc1. The van der Waals surface area contributed by atoms with E-state index in [1.54, 1.807) is 19.2 Å². The smallest absolute Gasteiger partial charge is 0.262 e. The lowest BCUT2D eigenvalue weighted by Crippen LogP contribution is -2.15. The summed E-state index contributed by atoms with van der Waals surface area (Å²) in [6, 6.07) is 24.9. The van der Waals surface area contributed by atoms with Crippen molar-refractivity contribution in [3.05, 3.63) is 107 Å². The van der Waals surface area contributed by atoms with E-state index in [2.05, 4.69) is 15.6 Å². The summed E-state index contributed by atoms with van der Waals surface area (Å²) < 4.78 is 15.3. The summed E-state index contributed by atoms with van der Waals surface area (Å²) in [5.41, 5.74) is 4.50. The fraction of sp³-hybridized carbons (Fsp3) is 0.115. The van der Waals surface area contributed by atoms with Gasteiger partial charge in [-0.25, -0.2) is 4.68 Å². The van der Waals surface area contributed by atoms with Crippen molar-refractivity contribution in [3.63, 3.8) is 0 Å². The molecule has 166 valence electrons. The fourth-order valence-electron chi connectivity index (χ4n) is 3.45. The molecule has 0 saturated carbocycles. The minimum Gasteiger partial charge on any atom is -0.391 e. The zero-order valence-corrected chi connectivity index (χ0v) is 18.3. The maximum atomic E-state index is 14.3. The first-order valence-electron chi connectivity index (χ1n) is 10.4. The zero-order valence-electron chi connectivity index (χ0n) is 18.3. The zero-order chi connectivity index (χ0) is 23.2. The average molecular weight is 442 g/mol. The molecule has 1 heterocycles. The molecule has 6 nitrogen and oxygen atoms in total. The number of amides is 1. The van der Waals surface area contributed by atoms with Crippen LogP contribution in [-0.2, 0) is 18.5 Å². The second-order valence-electron chi connectivity index (χ2n) is 7.49. The number of oxime groups is 1. The largest absolute Gasteiger partial charge is 0.391 e. The highest BCUT2D eigenvalue weighted by Gasteiger charge is 2.21. The van der Waals surface area contributed by atoms with Gasteiger partial charge in [0.1, 0.15) is 12.2 Å². The van der Waals surface area contributed by atoms with E-state index in [1.807, 2.05) is 72.8 Å². The van der Waals surface area contributed by atoms with Gasteiger partial charge in [-0.3, -0.25) is 4.79 Å². The molecule has 1 aromatic heterocycles. The Labute approximate surface area is 191 Å². The molecule has 7 heteroatoms. The second kappa shape index (κ2) is 9.91. The van der Waals surface area contributed by atoms with Gasteiger partial charge in [-0.2, -0.15) is 9.49 Å². The number of nitrogens with zero attached hydrogens (tertiary/aromatic N) is 3. The van der Waals surface area contributed by atoms with Gasteiger partial charge in [0.25, 0.3) is 5.91 Å². The van der Waals surface area contributed by atoms with Gasteiger partial charge in [0.05, 0.1) is 11.9 Å². The molecule has 0 unspecified atom stereocenters. The number of anilines is 1. The number of hydrogen-bond donors (Lipinski definition) is 1. The first kappa shape index (κ1) is 22.0. The molecule has 0 atom stereocenters. The van der Waals surface area contributed by atoms with Gasteiger partial charge >= 0.3 is 0 Å². The molecule has 4 rings (SSSR count). The fourth-order valence-corrected chi connectivity index (χ4v) is 3.45. The average Bonchev–Trinajstić information content (AvgIpc) is 3.09. The lowest BCUT2D eigenvalue weighted by molar-refractivity contribution is 0.102. The third-order valence-electron chi connectivity index (χ3n) is 5.13. The number of nitrogens with one attached hydrogen (secondary N) is 1. The van der Waals surface area contributed by atoms with Crippen LogP contribution in [0.25, 0.3) is 11.1 Å². The lowest BCUT2D eigenvalue weighted by atomic mass is 10.0. The van der Waals surface area contributed by atoms with E-state index in [0.717, 1.165) is 26.9 Å². The van der Waals surface area contributed by atoms with Crippen molar-refractivity contribution in [1.82, 2.24) is 9.78 Å². The molecule has 0 aliphatic heterocycles. The number of aryl methyl sites for hydroxylation is 2. The molecule has 0 saturated heterocycles. The van der Waals surface area contributed by atoms with Gasteiger partial charge in [0.15, 0.2) is 0 Å². The molecule has 4 aromatic rings. The van der Waals surface area contributed by atoms with Crippen LogP contribution in [0.3, 0.4) is 0 Å². The third-order valence-corrected chi connectivity index (χ3v) is 5.13. The summed E-state index contributed by atoms with van der Waals surface area (Å²) >= 11 is 0. The van der Waals surface area contributed by atoms with E-state index < -0.39 is 11.9 Å². The molecule has 0 fully saturated rings. The molecule has 0 radical (unpaired) electrons. The third kappa shape index (κ3) is 5.15. The molecule has 0 bridgehead atoms.